The van der Waals surface area contributed by atoms with Gasteiger partial charge in [-0.1, -0.05) is 13.3 Å². The van der Waals surface area contributed by atoms with Crippen molar-refractivity contribution in [1.82, 2.24) is 9.47 Å². The molecule has 1 aromatic heterocycles. The van der Waals surface area contributed by atoms with Gasteiger partial charge in [0, 0.05) is 13.1 Å². The summed E-state index contributed by atoms with van der Waals surface area (Å²) >= 11 is 0. The van der Waals surface area contributed by atoms with Crippen LogP contribution in [0.1, 0.15) is 30.3 Å². The van der Waals surface area contributed by atoms with Gasteiger partial charge in [0.05, 0.1) is 29.8 Å². The topological polar surface area (TPSA) is 88.6 Å². The van der Waals surface area contributed by atoms with Gasteiger partial charge in [0.25, 0.3) is 11.6 Å². The first-order chi connectivity index (χ1) is 8.86. The van der Waals surface area contributed by atoms with Crippen LogP contribution in [0.2, 0.25) is 0 Å². The molecule has 0 saturated carbocycles. The maximum absolute atomic E-state index is 12.1. The van der Waals surface area contributed by atoms with Gasteiger partial charge < -0.3 is 14.6 Å². The van der Waals surface area contributed by atoms with Crippen LogP contribution in [0.3, 0.4) is 0 Å². The van der Waals surface area contributed by atoms with Crippen molar-refractivity contribution < 1.29 is 14.8 Å². The Balaban J connectivity index is 2.08. The van der Waals surface area contributed by atoms with E-state index in [1.165, 1.54) is 21.7 Å². The van der Waals surface area contributed by atoms with Crippen molar-refractivity contribution in [2.24, 2.45) is 7.05 Å². The molecule has 1 fully saturated rings. The molecule has 0 unspecified atom stereocenters. The summed E-state index contributed by atoms with van der Waals surface area (Å²) in [6.45, 7) is 2.56. The molecule has 7 heteroatoms. The van der Waals surface area contributed by atoms with Gasteiger partial charge in [-0.05, 0) is 6.42 Å². The van der Waals surface area contributed by atoms with Gasteiger partial charge in [0.2, 0.25) is 0 Å². The van der Waals surface area contributed by atoms with E-state index >= 15 is 0 Å². The van der Waals surface area contributed by atoms with Crippen molar-refractivity contribution in [3.63, 3.8) is 0 Å². The largest absolute Gasteiger partial charge is 0.386 e. The summed E-state index contributed by atoms with van der Waals surface area (Å²) < 4.78 is 1.44. The van der Waals surface area contributed by atoms with Crippen LogP contribution in [-0.2, 0) is 7.05 Å². The standard InChI is InChI=1S/C12H17N3O4/c1-3-4-12(17)7-14(8-12)11(16)10-5-9(15(18)19)6-13(10)2/h5-6,17H,3-4,7-8H2,1-2H3. The van der Waals surface area contributed by atoms with Gasteiger partial charge in [-0.2, -0.15) is 0 Å². The zero-order valence-corrected chi connectivity index (χ0v) is 11.0. The molecule has 0 atom stereocenters. The van der Waals surface area contributed by atoms with Crippen LogP contribution in [0, 0.1) is 10.1 Å². The normalized spacial score (nSPS) is 17.1. The lowest BCUT2D eigenvalue weighted by Gasteiger charge is -2.46. The smallest absolute Gasteiger partial charge is 0.287 e. The highest BCUT2D eigenvalue weighted by atomic mass is 16.6. The summed E-state index contributed by atoms with van der Waals surface area (Å²) in [5.74, 6) is -0.281. The fraction of sp³-hybridized carbons (Fsp3) is 0.583. The summed E-state index contributed by atoms with van der Waals surface area (Å²) in [6.07, 6.45) is 2.82. The molecule has 0 spiro atoms. The number of nitrogens with zero attached hydrogens (tertiary/aromatic N) is 3. The highest BCUT2D eigenvalue weighted by Gasteiger charge is 2.43. The highest BCUT2D eigenvalue weighted by molar-refractivity contribution is 5.94. The van der Waals surface area contributed by atoms with Gasteiger partial charge in [0.15, 0.2) is 0 Å². The second-order valence-corrected chi connectivity index (χ2v) is 5.09. The highest BCUT2D eigenvalue weighted by Crippen LogP contribution is 2.28. The van der Waals surface area contributed by atoms with Crippen molar-refractivity contribution >= 4 is 11.6 Å². The molecule has 104 valence electrons. The van der Waals surface area contributed by atoms with E-state index < -0.39 is 10.5 Å². The molecule has 0 aliphatic carbocycles. The van der Waals surface area contributed by atoms with E-state index in [-0.39, 0.29) is 17.3 Å². The fourth-order valence-corrected chi connectivity index (χ4v) is 2.45. The molecular weight excluding hydrogens is 250 g/mol. The number of aliphatic hydroxyl groups is 1. The molecule has 0 aromatic carbocycles. The molecular formula is C12H17N3O4. The Morgan fingerprint density at radius 2 is 2.21 bits per heavy atom. The second kappa shape index (κ2) is 4.65. The number of carbonyl (C=O) groups excluding carboxylic acids is 1. The number of aryl methyl sites for hydroxylation is 1. The van der Waals surface area contributed by atoms with E-state index in [1.54, 1.807) is 7.05 Å². The van der Waals surface area contributed by atoms with Crippen molar-refractivity contribution in [2.75, 3.05) is 13.1 Å². The zero-order chi connectivity index (χ0) is 14.2. The molecule has 1 saturated heterocycles. The number of carbonyl (C=O) groups is 1. The van der Waals surface area contributed by atoms with Crippen LogP contribution in [0.15, 0.2) is 12.3 Å². The number of hydrogen-bond acceptors (Lipinski definition) is 4. The van der Waals surface area contributed by atoms with Gasteiger partial charge in [0.1, 0.15) is 5.69 Å². The van der Waals surface area contributed by atoms with E-state index in [1.807, 2.05) is 6.92 Å². The predicted molar refractivity (Wildman–Crippen MR) is 67.8 cm³/mol. The number of β-amino-alcohol motifs (C(OH)–C–C–N with tert-alkyl or cyclic N) is 1. The van der Waals surface area contributed by atoms with Gasteiger partial charge >= 0.3 is 0 Å². The Morgan fingerprint density at radius 1 is 1.58 bits per heavy atom. The Labute approximate surface area is 110 Å². The van der Waals surface area contributed by atoms with Crippen molar-refractivity contribution in [3.05, 3.63) is 28.1 Å². The number of rotatable bonds is 4. The monoisotopic (exact) mass is 267 g/mol. The van der Waals surface area contributed by atoms with E-state index in [0.717, 1.165) is 6.42 Å². The van der Waals surface area contributed by atoms with Crippen molar-refractivity contribution in [2.45, 2.75) is 25.4 Å². The third-order valence-corrected chi connectivity index (χ3v) is 3.39. The number of amides is 1. The van der Waals surface area contributed by atoms with Gasteiger partial charge in [-0.15, -0.1) is 0 Å². The third-order valence-electron chi connectivity index (χ3n) is 3.39. The summed E-state index contributed by atoms with van der Waals surface area (Å²) in [4.78, 5) is 23.8. The second-order valence-electron chi connectivity index (χ2n) is 5.09. The van der Waals surface area contributed by atoms with Gasteiger partial charge in [-0.3, -0.25) is 14.9 Å². The maximum atomic E-state index is 12.1. The molecule has 1 aliphatic rings. The van der Waals surface area contributed by atoms with Crippen molar-refractivity contribution in [1.29, 1.82) is 0 Å². The summed E-state index contributed by atoms with van der Waals surface area (Å²) in [6, 6.07) is 1.26. The maximum Gasteiger partial charge on any atom is 0.287 e. The SMILES string of the molecule is CCCC1(O)CN(C(=O)c2cc([N+](=O)[O-])cn2C)C1. The molecule has 1 aliphatic heterocycles. The van der Waals surface area contributed by atoms with Crippen molar-refractivity contribution in [3.8, 4) is 0 Å². The minimum absolute atomic E-state index is 0.102. The van der Waals surface area contributed by atoms with Crippen LogP contribution in [0.25, 0.3) is 0 Å². The van der Waals surface area contributed by atoms with Crippen LogP contribution in [0.5, 0.6) is 0 Å². The molecule has 19 heavy (non-hydrogen) atoms. The lowest BCUT2D eigenvalue weighted by Crippen LogP contribution is -2.63. The number of hydrogen-bond donors (Lipinski definition) is 1. The number of likely N-dealkylation sites (tertiary alicyclic amines) is 1. The van der Waals surface area contributed by atoms with E-state index in [2.05, 4.69) is 0 Å². The molecule has 1 amide bonds. The summed E-state index contributed by atoms with van der Waals surface area (Å²) in [7, 11) is 1.60. The van der Waals surface area contributed by atoms with E-state index in [9.17, 15) is 20.0 Å². The Hall–Kier alpha value is -1.89. The molecule has 1 aromatic rings. The fourth-order valence-electron chi connectivity index (χ4n) is 2.45. The van der Waals surface area contributed by atoms with Gasteiger partial charge in [-0.25, -0.2) is 0 Å². The summed E-state index contributed by atoms with van der Waals surface area (Å²) in [5.41, 5.74) is -0.623. The van der Waals surface area contributed by atoms with Crippen LogP contribution < -0.4 is 0 Å². The van der Waals surface area contributed by atoms with E-state index in [0.29, 0.717) is 19.5 Å². The first kappa shape index (κ1) is 13.5. The first-order valence-electron chi connectivity index (χ1n) is 6.19. The first-order valence-corrected chi connectivity index (χ1v) is 6.19. The Kier molecular flexibility index (Phi) is 3.32. The van der Waals surface area contributed by atoms with Crippen LogP contribution in [0.4, 0.5) is 5.69 Å². The Morgan fingerprint density at radius 3 is 2.68 bits per heavy atom. The number of nitro groups is 1. The zero-order valence-electron chi connectivity index (χ0n) is 11.0. The molecule has 2 rings (SSSR count). The molecule has 7 nitrogen and oxygen atoms in total. The molecule has 1 N–H and O–H groups in total. The Bertz CT molecular complexity index is 517. The number of aromatic nitrogens is 1. The average Bonchev–Trinajstić information content (AvgIpc) is 2.67. The molecule has 0 bridgehead atoms. The third kappa shape index (κ3) is 2.46. The van der Waals surface area contributed by atoms with Crippen LogP contribution in [-0.4, -0.2) is 44.1 Å². The quantitative estimate of drug-likeness (QED) is 0.649. The predicted octanol–water partition coefficient (Wildman–Crippen LogP) is 0.920. The van der Waals surface area contributed by atoms with Crippen LogP contribution >= 0.6 is 0 Å². The minimum Gasteiger partial charge on any atom is -0.386 e. The van der Waals surface area contributed by atoms with E-state index in [4.69, 9.17) is 0 Å². The molecule has 0 radical (unpaired) electrons. The lowest BCUT2D eigenvalue weighted by molar-refractivity contribution is -0.384. The average molecular weight is 267 g/mol. The minimum atomic E-state index is -0.790. The molecule has 2 heterocycles. The summed E-state index contributed by atoms with van der Waals surface area (Å²) in [5, 5.41) is 20.7. The lowest BCUT2D eigenvalue weighted by atomic mass is 9.89.